The Morgan fingerprint density at radius 2 is 1.56 bits per heavy atom. The summed E-state index contributed by atoms with van der Waals surface area (Å²) in [7, 11) is -3.88. The number of carbonyl (C=O) groups excluding carboxylic acids is 2. The number of aryl methyl sites for hydroxylation is 1. The lowest BCUT2D eigenvalue weighted by Crippen LogP contribution is -2.35. The Morgan fingerprint density at radius 1 is 0.960 bits per heavy atom. The molecule has 0 saturated heterocycles. The van der Waals surface area contributed by atoms with Gasteiger partial charge in [0.15, 0.2) is 0 Å². The van der Waals surface area contributed by atoms with Crippen LogP contribution in [-0.2, 0) is 10.0 Å². The lowest BCUT2D eigenvalue weighted by atomic mass is 10.1. The van der Waals surface area contributed by atoms with E-state index in [0.29, 0.717) is 11.1 Å². The van der Waals surface area contributed by atoms with Crippen LogP contribution in [0.25, 0.3) is 0 Å². The Hall–Kier alpha value is -2.71. The molecule has 25 heavy (non-hydrogen) atoms. The number of nitrogens with two attached hydrogens (primary N) is 1. The molecule has 0 unspecified atom stereocenters. The first kappa shape index (κ1) is 18.6. The Bertz CT molecular complexity index is 880. The van der Waals surface area contributed by atoms with Crippen LogP contribution in [0.3, 0.4) is 0 Å². The van der Waals surface area contributed by atoms with E-state index in [9.17, 15) is 18.0 Å². The standard InChI is InChI=1S/C17H19N3O4S/c1-12-7-8-14(25(18,23)24)11-15(12)17(22)20-10-9-19-16(21)13-5-3-2-4-6-13/h2-8,11H,9-10H2,1H3,(H,19,21)(H,20,22)(H2,18,23,24). The van der Waals surface area contributed by atoms with E-state index < -0.39 is 15.9 Å². The number of sulfonamides is 1. The van der Waals surface area contributed by atoms with Crippen LogP contribution in [0.2, 0.25) is 0 Å². The van der Waals surface area contributed by atoms with Crippen LogP contribution in [-0.4, -0.2) is 33.3 Å². The summed E-state index contributed by atoms with van der Waals surface area (Å²) in [5.41, 5.74) is 1.38. The molecule has 0 heterocycles. The van der Waals surface area contributed by atoms with Crippen LogP contribution in [0.15, 0.2) is 53.4 Å². The van der Waals surface area contributed by atoms with Crippen molar-refractivity contribution in [2.24, 2.45) is 5.14 Å². The van der Waals surface area contributed by atoms with E-state index in [2.05, 4.69) is 10.6 Å². The fraction of sp³-hybridized carbons (Fsp3) is 0.176. The molecule has 0 atom stereocenters. The van der Waals surface area contributed by atoms with Crippen LogP contribution in [0.5, 0.6) is 0 Å². The highest BCUT2D eigenvalue weighted by molar-refractivity contribution is 7.89. The minimum Gasteiger partial charge on any atom is -0.350 e. The second kappa shape index (κ2) is 7.91. The topological polar surface area (TPSA) is 118 Å². The van der Waals surface area contributed by atoms with Crippen molar-refractivity contribution in [1.82, 2.24) is 10.6 Å². The molecule has 2 aromatic carbocycles. The van der Waals surface area contributed by atoms with Gasteiger partial charge < -0.3 is 10.6 Å². The Morgan fingerprint density at radius 3 is 2.16 bits per heavy atom. The summed E-state index contributed by atoms with van der Waals surface area (Å²) < 4.78 is 22.8. The van der Waals surface area contributed by atoms with Crippen molar-refractivity contribution in [1.29, 1.82) is 0 Å². The normalized spacial score (nSPS) is 11.0. The minimum atomic E-state index is -3.88. The minimum absolute atomic E-state index is 0.124. The molecular formula is C17H19N3O4S. The van der Waals surface area contributed by atoms with Crippen molar-refractivity contribution < 1.29 is 18.0 Å². The van der Waals surface area contributed by atoms with Crippen LogP contribution in [0.4, 0.5) is 0 Å². The van der Waals surface area contributed by atoms with Gasteiger partial charge in [-0.3, -0.25) is 9.59 Å². The van der Waals surface area contributed by atoms with Gasteiger partial charge in [0.2, 0.25) is 10.0 Å². The Kier molecular flexibility index (Phi) is 5.89. The highest BCUT2D eigenvalue weighted by atomic mass is 32.2. The van der Waals surface area contributed by atoms with Crippen LogP contribution in [0.1, 0.15) is 26.3 Å². The third-order valence-electron chi connectivity index (χ3n) is 3.51. The zero-order valence-corrected chi connectivity index (χ0v) is 14.5. The first-order valence-electron chi connectivity index (χ1n) is 7.54. The predicted molar refractivity (Wildman–Crippen MR) is 93.7 cm³/mol. The van der Waals surface area contributed by atoms with Gasteiger partial charge in [0.05, 0.1) is 4.90 Å². The first-order chi connectivity index (χ1) is 11.8. The van der Waals surface area contributed by atoms with Crippen molar-refractivity contribution in [2.75, 3.05) is 13.1 Å². The summed E-state index contributed by atoms with van der Waals surface area (Å²) in [6.07, 6.45) is 0. The number of nitrogens with one attached hydrogen (secondary N) is 2. The van der Waals surface area contributed by atoms with E-state index in [1.807, 2.05) is 6.07 Å². The lowest BCUT2D eigenvalue weighted by molar-refractivity contribution is 0.0927. The van der Waals surface area contributed by atoms with Crippen molar-refractivity contribution in [3.05, 3.63) is 65.2 Å². The van der Waals surface area contributed by atoms with E-state index in [-0.39, 0.29) is 29.5 Å². The number of benzene rings is 2. The second-order valence-electron chi connectivity index (χ2n) is 5.40. The summed E-state index contributed by atoms with van der Waals surface area (Å²) in [5.74, 6) is -0.667. The highest BCUT2D eigenvalue weighted by Crippen LogP contribution is 2.14. The van der Waals surface area contributed by atoms with E-state index in [1.54, 1.807) is 31.2 Å². The average Bonchev–Trinajstić information content (AvgIpc) is 2.58. The maximum Gasteiger partial charge on any atom is 0.251 e. The Balaban J connectivity index is 1.92. The molecule has 7 nitrogen and oxygen atoms in total. The quantitative estimate of drug-likeness (QED) is 0.660. The van der Waals surface area contributed by atoms with Gasteiger partial charge in [0.25, 0.3) is 11.8 Å². The number of carbonyl (C=O) groups is 2. The monoisotopic (exact) mass is 361 g/mol. The zero-order valence-electron chi connectivity index (χ0n) is 13.7. The fourth-order valence-electron chi connectivity index (χ4n) is 2.16. The molecule has 2 amide bonds. The van der Waals surface area contributed by atoms with E-state index in [1.165, 1.54) is 18.2 Å². The smallest absolute Gasteiger partial charge is 0.251 e. The largest absolute Gasteiger partial charge is 0.350 e. The molecular weight excluding hydrogens is 342 g/mol. The number of hydrogen-bond acceptors (Lipinski definition) is 4. The average molecular weight is 361 g/mol. The van der Waals surface area contributed by atoms with Gasteiger partial charge in [-0.25, -0.2) is 13.6 Å². The summed E-state index contributed by atoms with van der Waals surface area (Å²) in [5, 5.41) is 10.4. The van der Waals surface area contributed by atoms with E-state index in [0.717, 1.165) is 0 Å². The molecule has 132 valence electrons. The zero-order chi connectivity index (χ0) is 18.4. The summed E-state index contributed by atoms with van der Waals surface area (Å²) >= 11 is 0. The molecule has 8 heteroatoms. The first-order valence-corrected chi connectivity index (χ1v) is 9.08. The molecule has 0 saturated carbocycles. The Labute approximate surface area is 146 Å². The van der Waals surface area contributed by atoms with Crippen molar-refractivity contribution >= 4 is 21.8 Å². The molecule has 0 aliphatic heterocycles. The molecule has 2 aromatic rings. The molecule has 0 aliphatic rings. The van der Waals surface area contributed by atoms with Gasteiger partial charge in [-0.15, -0.1) is 0 Å². The van der Waals surface area contributed by atoms with E-state index >= 15 is 0 Å². The van der Waals surface area contributed by atoms with Crippen molar-refractivity contribution in [3.8, 4) is 0 Å². The van der Waals surface area contributed by atoms with Crippen LogP contribution in [0, 0.1) is 6.92 Å². The van der Waals surface area contributed by atoms with Gasteiger partial charge in [0.1, 0.15) is 0 Å². The maximum absolute atomic E-state index is 12.2. The van der Waals surface area contributed by atoms with Gasteiger partial charge in [0, 0.05) is 24.2 Å². The molecule has 0 radical (unpaired) electrons. The summed E-state index contributed by atoms with van der Waals surface area (Å²) in [6.45, 7) is 2.14. The van der Waals surface area contributed by atoms with E-state index in [4.69, 9.17) is 5.14 Å². The SMILES string of the molecule is Cc1ccc(S(N)(=O)=O)cc1C(=O)NCCNC(=O)c1ccccc1. The maximum atomic E-state index is 12.2. The highest BCUT2D eigenvalue weighted by Gasteiger charge is 2.14. The summed E-state index contributed by atoms with van der Waals surface area (Å²) in [6, 6.07) is 12.8. The molecule has 0 spiro atoms. The van der Waals surface area contributed by atoms with Gasteiger partial charge >= 0.3 is 0 Å². The molecule has 0 aromatic heterocycles. The van der Waals surface area contributed by atoms with Gasteiger partial charge in [-0.05, 0) is 36.8 Å². The predicted octanol–water partition coefficient (Wildman–Crippen LogP) is 0.802. The number of primary sulfonamides is 1. The fourth-order valence-corrected chi connectivity index (χ4v) is 2.70. The second-order valence-corrected chi connectivity index (χ2v) is 6.96. The number of rotatable bonds is 6. The van der Waals surface area contributed by atoms with Crippen molar-refractivity contribution in [2.45, 2.75) is 11.8 Å². The third-order valence-corrected chi connectivity index (χ3v) is 4.43. The molecule has 0 aliphatic carbocycles. The molecule has 0 bridgehead atoms. The number of amides is 2. The number of hydrogen-bond donors (Lipinski definition) is 3. The van der Waals surface area contributed by atoms with Crippen LogP contribution < -0.4 is 15.8 Å². The molecule has 0 fully saturated rings. The van der Waals surface area contributed by atoms with Crippen LogP contribution >= 0.6 is 0 Å². The third kappa shape index (κ3) is 5.13. The van der Waals surface area contributed by atoms with Crippen molar-refractivity contribution in [3.63, 3.8) is 0 Å². The molecule has 4 N–H and O–H groups in total. The lowest BCUT2D eigenvalue weighted by Gasteiger charge is -2.10. The molecule has 2 rings (SSSR count). The summed E-state index contributed by atoms with van der Waals surface area (Å²) in [4.78, 5) is 23.9. The van der Waals surface area contributed by atoms with Gasteiger partial charge in [-0.2, -0.15) is 0 Å². The van der Waals surface area contributed by atoms with Gasteiger partial charge in [-0.1, -0.05) is 24.3 Å².